The highest BCUT2D eigenvalue weighted by Gasteiger charge is 2.29. The smallest absolute Gasteiger partial charge is 0.237 e. The second-order valence-electron chi connectivity index (χ2n) is 6.85. The first-order valence-corrected chi connectivity index (χ1v) is 8.34. The summed E-state index contributed by atoms with van der Waals surface area (Å²) in [7, 11) is 0. The van der Waals surface area contributed by atoms with Crippen molar-refractivity contribution in [3.63, 3.8) is 0 Å². The standard InChI is InChI=1S/C16H31N3O/c1-12(2)14(19-9-4-5-10-19)11-18-16(20)15-13(3)7-6-8-17-15/h12-15,17H,4-11H2,1-3H3,(H,18,20). The van der Waals surface area contributed by atoms with Gasteiger partial charge in [0.2, 0.25) is 5.91 Å². The molecule has 2 fully saturated rings. The number of nitrogens with one attached hydrogen (secondary N) is 2. The van der Waals surface area contributed by atoms with E-state index in [0.29, 0.717) is 17.9 Å². The number of hydrogen-bond donors (Lipinski definition) is 2. The molecule has 0 bridgehead atoms. The van der Waals surface area contributed by atoms with E-state index in [1.54, 1.807) is 0 Å². The summed E-state index contributed by atoms with van der Waals surface area (Å²) in [5.74, 6) is 1.24. The normalized spacial score (nSPS) is 29.6. The molecule has 2 aliphatic heterocycles. The van der Waals surface area contributed by atoms with Gasteiger partial charge in [-0.05, 0) is 57.2 Å². The quantitative estimate of drug-likeness (QED) is 0.805. The van der Waals surface area contributed by atoms with Gasteiger partial charge in [-0.3, -0.25) is 9.69 Å². The molecule has 3 unspecified atom stereocenters. The van der Waals surface area contributed by atoms with Crippen molar-refractivity contribution in [2.45, 2.75) is 58.5 Å². The molecule has 0 spiro atoms. The Kier molecular flexibility index (Phi) is 5.85. The maximum absolute atomic E-state index is 12.4. The number of hydrogen-bond acceptors (Lipinski definition) is 3. The minimum Gasteiger partial charge on any atom is -0.353 e. The van der Waals surface area contributed by atoms with Crippen molar-refractivity contribution in [3.8, 4) is 0 Å². The molecule has 2 N–H and O–H groups in total. The molecule has 0 saturated carbocycles. The Hall–Kier alpha value is -0.610. The zero-order valence-corrected chi connectivity index (χ0v) is 13.3. The monoisotopic (exact) mass is 281 g/mol. The molecule has 4 heteroatoms. The van der Waals surface area contributed by atoms with Crippen molar-refractivity contribution < 1.29 is 4.79 Å². The van der Waals surface area contributed by atoms with Crippen LogP contribution in [0, 0.1) is 11.8 Å². The molecule has 4 nitrogen and oxygen atoms in total. The van der Waals surface area contributed by atoms with Gasteiger partial charge < -0.3 is 10.6 Å². The molecule has 0 aromatic rings. The van der Waals surface area contributed by atoms with E-state index in [4.69, 9.17) is 0 Å². The fourth-order valence-corrected chi connectivity index (χ4v) is 3.58. The van der Waals surface area contributed by atoms with Gasteiger partial charge in [0.1, 0.15) is 0 Å². The van der Waals surface area contributed by atoms with Gasteiger partial charge in [-0.15, -0.1) is 0 Å². The summed E-state index contributed by atoms with van der Waals surface area (Å²) in [5.41, 5.74) is 0. The van der Waals surface area contributed by atoms with Gasteiger partial charge in [0, 0.05) is 12.6 Å². The molecule has 116 valence electrons. The maximum Gasteiger partial charge on any atom is 0.237 e. The van der Waals surface area contributed by atoms with E-state index in [1.165, 1.54) is 32.4 Å². The zero-order valence-electron chi connectivity index (χ0n) is 13.3. The van der Waals surface area contributed by atoms with Crippen LogP contribution in [0.4, 0.5) is 0 Å². The van der Waals surface area contributed by atoms with Crippen LogP contribution in [-0.4, -0.2) is 49.1 Å². The molecule has 2 aliphatic rings. The van der Waals surface area contributed by atoms with Crippen LogP contribution in [0.1, 0.15) is 46.5 Å². The Balaban J connectivity index is 1.83. The van der Waals surface area contributed by atoms with E-state index in [0.717, 1.165) is 19.5 Å². The van der Waals surface area contributed by atoms with Gasteiger partial charge in [-0.2, -0.15) is 0 Å². The first-order valence-electron chi connectivity index (χ1n) is 8.34. The average molecular weight is 281 g/mol. The Morgan fingerprint density at radius 1 is 1.30 bits per heavy atom. The molecule has 0 aromatic heterocycles. The highest BCUT2D eigenvalue weighted by atomic mass is 16.2. The van der Waals surface area contributed by atoms with Crippen molar-refractivity contribution in [1.29, 1.82) is 0 Å². The van der Waals surface area contributed by atoms with Crippen LogP contribution >= 0.6 is 0 Å². The molecular formula is C16H31N3O. The lowest BCUT2D eigenvalue weighted by molar-refractivity contribution is -0.125. The molecule has 1 amide bonds. The second kappa shape index (κ2) is 7.41. The van der Waals surface area contributed by atoms with E-state index in [2.05, 4.69) is 36.3 Å². The molecule has 0 aliphatic carbocycles. The number of likely N-dealkylation sites (tertiary alicyclic amines) is 1. The fraction of sp³-hybridized carbons (Fsp3) is 0.938. The van der Waals surface area contributed by atoms with Crippen molar-refractivity contribution in [2.24, 2.45) is 11.8 Å². The van der Waals surface area contributed by atoms with Gasteiger partial charge in [0.05, 0.1) is 6.04 Å². The number of piperidine rings is 1. The Labute approximate surface area is 123 Å². The SMILES string of the molecule is CC(C)C(CNC(=O)C1NCCCC1C)N1CCCC1. The highest BCUT2D eigenvalue weighted by molar-refractivity contribution is 5.82. The second-order valence-corrected chi connectivity index (χ2v) is 6.85. The van der Waals surface area contributed by atoms with Gasteiger partial charge in [0.15, 0.2) is 0 Å². The van der Waals surface area contributed by atoms with Crippen LogP contribution < -0.4 is 10.6 Å². The zero-order chi connectivity index (χ0) is 14.5. The van der Waals surface area contributed by atoms with Gasteiger partial charge in [0.25, 0.3) is 0 Å². The van der Waals surface area contributed by atoms with Gasteiger partial charge >= 0.3 is 0 Å². The van der Waals surface area contributed by atoms with Crippen LogP contribution in [-0.2, 0) is 4.79 Å². The lowest BCUT2D eigenvalue weighted by Crippen LogP contribution is -2.54. The predicted molar refractivity (Wildman–Crippen MR) is 82.6 cm³/mol. The van der Waals surface area contributed by atoms with Crippen LogP contribution in [0.2, 0.25) is 0 Å². The first kappa shape index (κ1) is 15.8. The third-order valence-corrected chi connectivity index (χ3v) is 4.92. The van der Waals surface area contributed by atoms with Crippen molar-refractivity contribution >= 4 is 5.91 Å². The summed E-state index contributed by atoms with van der Waals surface area (Å²) < 4.78 is 0. The number of carbonyl (C=O) groups is 1. The fourth-order valence-electron chi connectivity index (χ4n) is 3.58. The van der Waals surface area contributed by atoms with E-state index in [-0.39, 0.29) is 11.9 Å². The molecule has 3 atom stereocenters. The molecule has 0 aromatic carbocycles. The van der Waals surface area contributed by atoms with Crippen molar-refractivity contribution in [2.75, 3.05) is 26.2 Å². The summed E-state index contributed by atoms with van der Waals surface area (Å²) in [4.78, 5) is 14.9. The van der Waals surface area contributed by atoms with Gasteiger partial charge in [-0.1, -0.05) is 20.8 Å². The average Bonchev–Trinajstić information content (AvgIpc) is 2.92. The first-order chi connectivity index (χ1) is 9.59. The minimum atomic E-state index is 0.00939. The van der Waals surface area contributed by atoms with Crippen LogP contribution in [0.15, 0.2) is 0 Å². The maximum atomic E-state index is 12.4. The Bertz CT molecular complexity index is 313. The molecule has 2 rings (SSSR count). The van der Waals surface area contributed by atoms with Crippen molar-refractivity contribution in [3.05, 3.63) is 0 Å². The molecule has 2 saturated heterocycles. The van der Waals surface area contributed by atoms with Crippen molar-refractivity contribution in [1.82, 2.24) is 15.5 Å². The van der Waals surface area contributed by atoms with Crippen LogP contribution in [0.5, 0.6) is 0 Å². The third kappa shape index (κ3) is 3.95. The predicted octanol–water partition coefficient (Wildman–Crippen LogP) is 1.61. The summed E-state index contributed by atoms with van der Waals surface area (Å²) in [6.45, 7) is 10.8. The van der Waals surface area contributed by atoms with Gasteiger partial charge in [-0.25, -0.2) is 0 Å². The summed E-state index contributed by atoms with van der Waals surface area (Å²) in [6.07, 6.45) is 4.95. The van der Waals surface area contributed by atoms with E-state index in [1.807, 2.05) is 0 Å². The minimum absolute atomic E-state index is 0.00939. The largest absolute Gasteiger partial charge is 0.353 e. The molecule has 0 radical (unpaired) electrons. The number of nitrogens with zero attached hydrogens (tertiary/aromatic N) is 1. The van der Waals surface area contributed by atoms with Crippen LogP contribution in [0.25, 0.3) is 0 Å². The highest BCUT2D eigenvalue weighted by Crippen LogP contribution is 2.18. The topological polar surface area (TPSA) is 44.4 Å². The third-order valence-electron chi connectivity index (χ3n) is 4.92. The molecular weight excluding hydrogens is 250 g/mol. The lowest BCUT2D eigenvalue weighted by atomic mass is 9.92. The van der Waals surface area contributed by atoms with E-state index < -0.39 is 0 Å². The van der Waals surface area contributed by atoms with Crippen LogP contribution in [0.3, 0.4) is 0 Å². The summed E-state index contributed by atoms with van der Waals surface area (Å²) in [6, 6.07) is 0.496. The van der Waals surface area contributed by atoms with E-state index in [9.17, 15) is 4.79 Å². The lowest BCUT2D eigenvalue weighted by Gasteiger charge is -2.33. The number of rotatable bonds is 5. The Morgan fingerprint density at radius 2 is 2.00 bits per heavy atom. The molecule has 20 heavy (non-hydrogen) atoms. The summed E-state index contributed by atoms with van der Waals surface area (Å²) >= 11 is 0. The summed E-state index contributed by atoms with van der Waals surface area (Å²) in [5, 5.41) is 6.56. The molecule has 2 heterocycles. The number of carbonyl (C=O) groups excluding carboxylic acids is 1. The Morgan fingerprint density at radius 3 is 2.60 bits per heavy atom. The number of amides is 1. The van der Waals surface area contributed by atoms with E-state index >= 15 is 0 Å².